The summed E-state index contributed by atoms with van der Waals surface area (Å²) in [4.78, 5) is 12.0. The van der Waals surface area contributed by atoms with Crippen LogP contribution in [0, 0.1) is 0 Å². The van der Waals surface area contributed by atoms with Crippen LogP contribution in [-0.2, 0) is 9.53 Å². The van der Waals surface area contributed by atoms with Gasteiger partial charge in [-0.3, -0.25) is 4.79 Å². The summed E-state index contributed by atoms with van der Waals surface area (Å²) in [7, 11) is 0. The van der Waals surface area contributed by atoms with Gasteiger partial charge in [0.2, 0.25) is 0 Å². The Morgan fingerprint density at radius 2 is 1.27 bits per heavy atom. The maximum absolute atomic E-state index is 12.0. The molecule has 0 amide bonds. The quantitative estimate of drug-likeness (QED) is 0.172. The van der Waals surface area contributed by atoms with E-state index >= 15 is 0 Å². The van der Waals surface area contributed by atoms with E-state index in [0.29, 0.717) is 13.0 Å². The van der Waals surface area contributed by atoms with Crippen LogP contribution in [0.1, 0.15) is 110 Å². The van der Waals surface area contributed by atoms with Crippen molar-refractivity contribution in [3.8, 4) is 0 Å². The normalized spacial score (nSPS) is 16.1. The fourth-order valence-electron chi connectivity index (χ4n) is 4.27. The maximum atomic E-state index is 12.0. The monoisotopic (exact) mass is 368 g/mol. The molecule has 1 heterocycles. The molecule has 0 aliphatic carbocycles. The number of quaternary nitrogens is 1. The molecule has 1 rings (SSSR count). The number of rotatable bonds is 17. The highest BCUT2D eigenvalue weighted by Gasteiger charge is 2.31. The second-order valence-corrected chi connectivity index (χ2v) is 8.45. The minimum atomic E-state index is 0.0267. The van der Waals surface area contributed by atoms with E-state index in [1.54, 1.807) is 0 Å². The third-order valence-corrected chi connectivity index (χ3v) is 6.06. The molecule has 1 aliphatic heterocycles. The van der Waals surface area contributed by atoms with Crippen molar-refractivity contribution >= 4 is 5.97 Å². The molecule has 3 heteroatoms. The summed E-state index contributed by atoms with van der Waals surface area (Å²) in [6.45, 7) is 10.1. The fourth-order valence-corrected chi connectivity index (χ4v) is 4.27. The predicted octanol–water partition coefficient (Wildman–Crippen LogP) is 6.25. The van der Waals surface area contributed by atoms with E-state index in [1.165, 1.54) is 108 Å². The number of hydrogen-bond acceptors (Lipinski definition) is 2. The van der Waals surface area contributed by atoms with Crippen molar-refractivity contribution in [1.82, 2.24) is 0 Å². The van der Waals surface area contributed by atoms with Gasteiger partial charge in [0.15, 0.2) is 0 Å². The minimum absolute atomic E-state index is 0.0267. The van der Waals surface area contributed by atoms with Gasteiger partial charge in [0, 0.05) is 19.3 Å². The highest BCUT2D eigenvalue weighted by molar-refractivity contribution is 5.69. The molecule has 1 fully saturated rings. The van der Waals surface area contributed by atoms with E-state index in [0.717, 1.165) is 13.0 Å². The second-order valence-electron chi connectivity index (χ2n) is 8.45. The number of ether oxygens (including phenoxy) is 1. The Bertz CT molecular complexity index is 337. The van der Waals surface area contributed by atoms with E-state index in [-0.39, 0.29) is 5.97 Å². The molecule has 0 saturated carbocycles. The lowest BCUT2D eigenvalue weighted by Crippen LogP contribution is -2.48. The zero-order valence-electron chi connectivity index (χ0n) is 17.9. The lowest BCUT2D eigenvalue weighted by Gasteiger charge is -2.34. The Labute approximate surface area is 163 Å². The van der Waals surface area contributed by atoms with Crippen molar-refractivity contribution in [1.29, 1.82) is 0 Å². The average Bonchev–Trinajstić information content (AvgIpc) is 3.09. The summed E-state index contributed by atoms with van der Waals surface area (Å²) in [6.07, 6.45) is 18.9. The van der Waals surface area contributed by atoms with E-state index in [2.05, 4.69) is 13.8 Å². The van der Waals surface area contributed by atoms with Gasteiger partial charge in [-0.1, -0.05) is 71.6 Å². The number of unbranched alkanes of at least 4 members (excludes halogenated alkanes) is 10. The van der Waals surface area contributed by atoms with Gasteiger partial charge in [-0.05, 0) is 19.3 Å². The Balaban J connectivity index is 2.00. The van der Waals surface area contributed by atoms with Gasteiger partial charge in [-0.25, -0.2) is 0 Å². The molecular formula is C23H46NO2+. The lowest BCUT2D eigenvalue weighted by molar-refractivity contribution is -0.917. The second kappa shape index (κ2) is 15.5. The summed E-state index contributed by atoms with van der Waals surface area (Å²) in [5, 5.41) is 0. The highest BCUT2D eigenvalue weighted by atomic mass is 16.5. The van der Waals surface area contributed by atoms with Crippen LogP contribution < -0.4 is 0 Å². The van der Waals surface area contributed by atoms with Crippen molar-refractivity contribution < 1.29 is 14.0 Å². The standard InChI is InChI=1S/C23H46NO2/c1-3-5-7-8-9-10-11-12-13-17-23(25)26-22-21-24(18-14-6-4-2)19-15-16-20-24/h3-22H2,1-2H3/q+1. The zero-order chi connectivity index (χ0) is 18.9. The maximum Gasteiger partial charge on any atom is 0.305 e. The molecule has 154 valence electrons. The zero-order valence-corrected chi connectivity index (χ0v) is 17.9. The molecule has 0 radical (unpaired) electrons. The number of hydrogen-bond donors (Lipinski definition) is 0. The average molecular weight is 369 g/mol. The predicted molar refractivity (Wildman–Crippen MR) is 111 cm³/mol. The number of esters is 1. The molecule has 1 saturated heterocycles. The molecule has 0 atom stereocenters. The molecule has 0 aromatic rings. The van der Waals surface area contributed by atoms with Gasteiger partial charge >= 0.3 is 5.97 Å². The first-order chi connectivity index (χ1) is 12.7. The largest absolute Gasteiger partial charge is 0.460 e. The first-order valence-corrected chi connectivity index (χ1v) is 11.7. The first-order valence-electron chi connectivity index (χ1n) is 11.7. The summed E-state index contributed by atoms with van der Waals surface area (Å²) in [5.74, 6) is 0.0267. The summed E-state index contributed by atoms with van der Waals surface area (Å²) < 4.78 is 6.75. The van der Waals surface area contributed by atoms with Crippen molar-refractivity contribution in [2.75, 3.05) is 32.8 Å². The topological polar surface area (TPSA) is 26.3 Å². The van der Waals surface area contributed by atoms with Gasteiger partial charge < -0.3 is 9.22 Å². The Morgan fingerprint density at radius 3 is 1.88 bits per heavy atom. The van der Waals surface area contributed by atoms with Crippen molar-refractivity contribution in [3.63, 3.8) is 0 Å². The molecule has 0 aromatic carbocycles. The smallest absolute Gasteiger partial charge is 0.305 e. The van der Waals surface area contributed by atoms with Crippen LogP contribution in [0.2, 0.25) is 0 Å². The Kier molecular flexibility index (Phi) is 14.0. The molecule has 3 nitrogen and oxygen atoms in total. The highest BCUT2D eigenvalue weighted by Crippen LogP contribution is 2.20. The number of carbonyl (C=O) groups excluding carboxylic acids is 1. The molecule has 0 spiro atoms. The Hall–Kier alpha value is -0.570. The molecule has 0 aromatic heterocycles. The van der Waals surface area contributed by atoms with E-state index in [9.17, 15) is 4.79 Å². The number of carbonyl (C=O) groups is 1. The lowest BCUT2D eigenvalue weighted by atomic mass is 10.1. The van der Waals surface area contributed by atoms with E-state index in [1.807, 2.05) is 0 Å². The van der Waals surface area contributed by atoms with Crippen LogP contribution in [0.25, 0.3) is 0 Å². The van der Waals surface area contributed by atoms with Crippen LogP contribution in [0.5, 0.6) is 0 Å². The number of nitrogens with zero attached hydrogens (tertiary/aromatic N) is 1. The van der Waals surface area contributed by atoms with Crippen LogP contribution >= 0.6 is 0 Å². The first kappa shape index (κ1) is 23.5. The summed E-state index contributed by atoms with van der Waals surface area (Å²) in [5.41, 5.74) is 0. The third kappa shape index (κ3) is 11.2. The molecule has 26 heavy (non-hydrogen) atoms. The fraction of sp³-hybridized carbons (Fsp3) is 0.957. The number of likely N-dealkylation sites (tertiary alicyclic amines) is 1. The summed E-state index contributed by atoms with van der Waals surface area (Å²) in [6, 6.07) is 0. The van der Waals surface area contributed by atoms with Gasteiger partial charge in [-0.2, -0.15) is 0 Å². The minimum Gasteiger partial charge on any atom is -0.460 e. The van der Waals surface area contributed by atoms with Gasteiger partial charge in [0.1, 0.15) is 13.2 Å². The molecular weight excluding hydrogens is 322 g/mol. The molecule has 0 N–H and O–H groups in total. The van der Waals surface area contributed by atoms with Crippen LogP contribution in [0.15, 0.2) is 0 Å². The van der Waals surface area contributed by atoms with Crippen molar-refractivity contribution in [2.24, 2.45) is 0 Å². The van der Waals surface area contributed by atoms with E-state index < -0.39 is 0 Å². The van der Waals surface area contributed by atoms with Crippen LogP contribution in [0.3, 0.4) is 0 Å². The molecule has 0 unspecified atom stereocenters. The third-order valence-electron chi connectivity index (χ3n) is 6.06. The van der Waals surface area contributed by atoms with Gasteiger partial charge in [-0.15, -0.1) is 0 Å². The van der Waals surface area contributed by atoms with E-state index in [4.69, 9.17) is 4.74 Å². The molecule has 0 bridgehead atoms. The SMILES string of the molecule is CCCCCCCCCCCC(=O)OCC[N+]1(CCCCC)CCCC1. The van der Waals surface area contributed by atoms with Gasteiger partial charge in [0.25, 0.3) is 0 Å². The Morgan fingerprint density at radius 1 is 0.731 bits per heavy atom. The summed E-state index contributed by atoms with van der Waals surface area (Å²) >= 11 is 0. The van der Waals surface area contributed by atoms with Crippen molar-refractivity contribution in [3.05, 3.63) is 0 Å². The molecule has 1 aliphatic rings. The van der Waals surface area contributed by atoms with Crippen LogP contribution in [0.4, 0.5) is 0 Å². The van der Waals surface area contributed by atoms with Gasteiger partial charge in [0.05, 0.1) is 19.6 Å². The van der Waals surface area contributed by atoms with Crippen molar-refractivity contribution in [2.45, 2.75) is 110 Å². The van der Waals surface area contributed by atoms with Crippen LogP contribution in [-0.4, -0.2) is 43.2 Å².